The molecular weight excluding hydrogens is 1110 g/mol. The number of nitrogens with zero attached hydrogens (tertiary/aromatic N) is 1. The molecule has 0 radical (unpaired) electrons. The normalized spacial score (nSPS) is 13.0. The van der Waals surface area contributed by atoms with Gasteiger partial charge in [-0.15, -0.1) is 0 Å². The standard InChI is InChI=1S/C78H154NO8P/c1-6-8-10-12-14-16-18-20-22-24-26-28-30-32-33-34-35-36-37-38-39-40-41-42-43-44-45-47-49-51-53-55-57-59-61-63-65-67-69-71-78(81)87-76(75-86-88(82,83)85-73-72-79(3,4)5)74-84-77(80)70-68-66-64-62-60-58-56-54-52-50-48-46-31-29-27-25-23-21-19-17-15-13-11-9-7-2/h24,26,76H,6-23,25,27-75H2,1-5H3/b26-24-. The number of allylic oxidation sites excluding steroid dienone is 2. The van der Waals surface area contributed by atoms with Crippen LogP contribution in [0.4, 0.5) is 0 Å². The molecule has 2 atom stereocenters. The van der Waals surface area contributed by atoms with Gasteiger partial charge in [-0.2, -0.15) is 0 Å². The van der Waals surface area contributed by atoms with Crippen LogP contribution in [0.5, 0.6) is 0 Å². The number of likely N-dealkylation sites (N-methyl/N-ethyl adjacent to an activating group) is 1. The molecule has 524 valence electrons. The van der Waals surface area contributed by atoms with Gasteiger partial charge in [-0.25, -0.2) is 0 Å². The first-order valence-electron chi connectivity index (χ1n) is 39.4. The molecule has 0 aliphatic rings. The number of quaternary nitrogens is 1. The fourth-order valence-electron chi connectivity index (χ4n) is 12.2. The summed E-state index contributed by atoms with van der Waals surface area (Å²) in [7, 11) is 1.20. The lowest BCUT2D eigenvalue weighted by molar-refractivity contribution is -0.870. The lowest BCUT2D eigenvalue weighted by Gasteiger charge is -2.28. The molecule has 0 fully saturated rings. The fourth-order valence-corrected chi connectivity index (χ4v) is 13.0. The minimum absolute atomic E-state index is 0.0254. The van der Waals surface area contributed by atoms with Gasteiger partial charge >= 0.3 is 11.9 Å². The van der Waals surface area contributed by atoms with Gasteiger partial charge < -0.3 is 27.9 Å². The molecule has 0 N–H and O–H groups in total. The van der Waals surface area contributed by atoms with Gasteiger partial charge in [-0.3, -0.25) is 14.2 Å². The molecule has 0 rings (SSSR count). The second-order valence-electron chi connectivity index (χ2n) is 28.4. The third kappa shape index (κ3) is 73.8. The van der Waals surface area contributed by atoms with Gasteiger partial charge in [-0.1, -0.05) is 386 Å². The first kappa shape index (κ1) is 86.8. The Kier molecular flexibility index (Phi) is 69.1. The van der Waals surface area contributed by atoms with Crippen molar-refractivity contribution in [2.45, 2.75) is 431 Å². The third-order valence-corrected chi connectivity index (χ3v) is 19.2. The molecule has 0 bridgehead atoms. The van der Waals surface area contributed by atoms with Crippen molar-refractivity contribution >= 4 is 19.8 Å². The monoisotopic (exact) mass is 1260 g/mol. The number of phosphoric ester groups is 1. The highest BCUT2D eigenvalue weighted by molar-refractivity contribution is 7.45. The van der Waals surface area contributed by atoms with Crippen LogP contribution in [0.15, 0.2) is 12.2 Å². The summed E-state index contributed by atoms with van der Waals surface area (Å²) in [6.07, 6.45) is 87.7. The number of hydrogen-bond donors (Lipinski definition) is 0. The van der Waals surface area contributed by atoms with Crippen molar-refractivity contribution in [2.75, 3.05) is 47.5 Å². The van der Waals surface area contributed by atoms with Crippen LogP contribution in [0.3, 0.4) is 0 Å². The Balaban J connectivity index is 3.87. The van der Waals surface area contributed by atoms with Crippen molar-refractivity contribution in [3.05, 3.63) is 12.2 Å². The first-order valence-corrected chi connectivity index (χ1v) is 40.9. The molecule has 88 heavy (non-hydrogen) atoms. The molecule has 2 unspecified atom stereocenters. The lowest BCUT2D eigenvalue weighted by Crippen LogP contribution is -2.37. The van der Waals surface area contributed by atoms with Crippen LogP contribution in [0.1, 0.15) is 425 Å². The molecule has 0 aromatic rings. The zero-order chi connectivity index (χ0) is 64.1. The first-order chi connectivity index (χ1) is 43.0. The molecule has 0 aromatic heterocycles. The second-order valence-corrected chi connectivity index (χ2v) is 29.9. The molecule has 0 saturated carbocycles. The highest BCUT2D eigenvalue weighted by Crippen LogP contribution is 2.38. The third-order valence-electron chi connectivity index (χ3n) is 18.3. The predicted octanol–water partition coefficient (Wildman–Crippen LogP) is 25.2. The molecule has 9 nitrogen and oxygen atoms in total. The van der Waals surface area contributed by atoms with Crippen LogP contribution >= 0.6 is 7.82 Å². The Morgan fingerprint density at radius 2 is 0.580 bits per heavy atom. The lowest BCUT2D eigenvalue weighted by atomic mass is 10.0. The highest BCUT2D eigenvalue weighted by Gasteiger charge is 2.22. The molecule has 0 amide bonds. The highest BCUT2D eigenvalue weighted by atomic mass is 31.2. The van der Waals surface area contributed by atoms with Crippen LogP contribution < -0.4 is 4.89 Å². The quantitative estimate of drug-likeness (QED) is 0.0195. The van der Waals surface area contributed by atoms with Gasteiger partial charge in [0.15, 0.2) is 6.10 Å². The SMILES string of the molecule is CCCCCCCCCC/C=C\CCCCCCCCCCCCCCCCCCCCCCCCCCCCCC(=O)OC(COC(=O)CCCCCCCCCCCCCCCCCCCCCCCCCCC)COP(=O)([O-])OCC[N+](C)(C)C. The van der Waals surface area contributed by atoms with E-state index >= 15 is 0 Å². The van der Waals surface area contributed by atoms with Crippen molar-refractivity contribution in [1.29, 1.82) is 0 Å². The molecular formula is C78H154NO8P. The molecule has 0 spiro atoms. The Bertz CT molecular complexity index is 1490. The minimum Gasteiger partial charge on any atom is -0.756 e. The van der Waals surface area contributed by atoms with Gasteiger partial charge in [0.05, 0.1) is 27.7 Å². The average molecular weight is 1270 g/mol. The molecule has 0 heterocycles. The number of ether oxygens (including phenoxy) is 2. The summed E-state index contributed by atoms with van der Waals surface area (Å²) in [5.41, 5.74) is 0. The summed E-state index contributed by atoms with van der Waals surface area (Å²) in [5.74, 6) is -0.803. The number of unbranched alkanes of at least 4 members (excludes halogenated alkanes) is 59. The molecule has 0 aliphatic carbocycles. The Morgan fingerprint density at radius 1 is 0.341 bits per heavy atom. The molecule has 10 heteroatoms. The van der Waals surface area contributed by atoms with Crippen LogP contribution in [-0.2, 0) is 32.7 Å². The topological polar surface area (TPSA) is 111 Å². The Labute approximate surface area is 549 Å². The van der Waals surface area contributed by atoms with E-state index in [4.69, 9.17) is 18.5 Å². The number of carbonyl (C=O) groups is 2. The second kappa shape index (κ2) is 70.1. The predicted molar refractivity (Wildman–Crippen MR) is 379 cm³/mol. The van der Waals surface area contributed by atoms with Crippen LogP contribution in [0, 0.1) is 0 Å². The van der Waals surface area contributed by atoms with E-state index in [0.29, 0.717) is 17.4 Å². The zero-order valence-electron chi connectivity index (χ0n) is 60.0. The maximum absolute atomic E-state index is 12.9. The summed E-state index contributed by atoms with van der Waals surface area (Å²) in [4.78, 5) is 38.1. The number of phosphoric acid groups is 1. The summed E-state index contributed by atoms with van der Waals surface area (Å²) in [6, 6.07) is 0. The Morgan fingerprint density at radius 3 is 0.841 bits per heavy atom. The molecule has 0 aliphatic heterocycles. The summed E-state index contributed by atoms with van der Waals surface area (Å²) in [5, 5.41) is 0. The summed E-state index contributed by atoms with van der Waals surface area (Å²) < 4.78 is 34.4. The molecule has 0 saturated heterocycles. The molecule has 0 aromatic carbocycles. The van der Waals surface area contributed by atoms with Crippen LogP contribution in [0.2, 0.25) is 0 Å². The van der Waals surface area contributed by atoms with Gasteiger partial charge in [0.25, 0.3) is 7.82 Å². The van der Waals surface area contributed by atoms with E-state index in [2.05, 4.69) is 26.0 Å². The van der Waals surface area contributed by atoms with Crippen LogP contribution in [-0.4, -0.2) is 70.0 Å². The number of esters is 2. The Hall–Kier alpha value is -1.25. The van der Waals surface area contributed by atoms with Crippen molar-refractivity contribution in [2.24, 2.45) is 0 Å². The van der Waals surface area contributed by atoms with E-state index in [1.807, 2.05) is 21.1 Å². The van der Waals surface area contributed by atoms with Crippen molar-refractivity contribution < 1.29 is 42.1 Å². The fraction of sp³-hybridized carbons (Fsp3) is 0.949. The van der Waals surface area contributed by atoms with Crippen molar-refractivity contribution in [3.8, 4) is 0 Å². The average Bonchev–Trinajstić information content (AvgIpc) is 3.68. The largest absolute Gasteiger partial charge is 0.756 e. The maximum Gasteiger partial charge on any atom is 0.306 e. The number of carbonyl (C=O) groups excluding carboxylic acids is 2. The zero-order valence-corrected chi connectivity index (χ0v) is 60.9. The summed E-state index contributed by atoms with van der Waals surface area (Å²) in [6.45, 7) is 4.34. The van der Waals surface area contributed by atoms with E-state index in [-0.39, 0.29) is 32.0 Å². The van der Waals surface area contributed by atoms with Gasteiger partial charge in [0.2, 0.25) is 0 Å². The van der Waals surface area contributed by atoms with Crippen molar-refractivity contribution in [1.82, 2.24) is 0 Å². The minimum atomic E-state index is -4.64. The van der Waals surface area contributed by atoms with E-state index in [9.17, 15) is 19.0 Å². The van der Waals surface area contributed by atoms with Crippen molar-refractivity contribution in [3.63, 3.8) is 0 Å². The van der Waals surface area contributed by atoms with E-state index in [0.717, 1.165) is 32.1 Å². The van der Waals surface area contributed by atoms with Gasteiger partial charge in [0, 0.05) is 12.8 Å². The maximum atomic E-state index is 12.9. The van der Waals surface area contributed by atoms with E-state index in [1.165, 1.54) is 360 Å². The number of rotatable bonds is 75. The van der Waals surface area contributed by atoms with Gasteiger partial charge in [0.1, 0.15) is 19.8 Å². The number of hydrogen-bond acceptors (Lipinski definition) is 8. The smallest absolute Gasteiger partial charge is 0.306 e. The summed E-state index contributed by atoms with van der Waals surface area (Å²) >= 11 is 0. The van der Waals surface area contributed by atoms with Crippen LogP contribution in [0.25, 0.3) is 0 Å². The van der Waals surface area contributed by atoms with E-state index < -0.39 is 26.5 Å². The van der Waals surface area contributed by atoms with Gasteiger partial charge in [-0.05, 0) is 38.5 Å². The van der Waals surface area contributed by atoms with E-state index in [1.54, 1.807) is 0 Å².